The Morgan fingerprint density at radius 2 is 1.55 bits per heavy atom. The summed E-state index contributed by atoms with van der Waals surface area (Å²) >= 11 is 0. The van der Waals surface area contributed by atoms with Gasteiger partial charge in [-0.2, -0.15) is 0 Å². The molecule has 4 N–H and O–H groups in total. The molecule has 0 atom stereocenters. The van der Waals surface area contributed by atoms with Crippen molar-refractivity contribution >= 4 is 17.7 Å². The highest BCUT2D eigenvalue weighted by molar-refractivity contribution is 6.11. The number of unbranched alkanes of at least 4 members (excludes halogenated alkanes) is 2. The fourth-order valence-electron chi connectivity index (χ4n) is 2.88. The molecule has 0 aliphatic rings. The van der Waals surface area contributed by atoms with Crippen LogP contribution >= 0.6 is 0 Å². The number of rotatable bonds is 11. The van der Waals surface area contributed by atoms with E-state index in [9.17, 15) is 9.59 Å². The van der Waals surface area contributed by atoms with Crippen LogP contribution in [0.5, 0.6) is 0 Å². The molecule has 0 saturated carbocycles. The first-order chi connectivity index (χ1) is 14.0. The Hall–Kier alpha value is -2.99. The largest absolute Gasteiger partial charge is 0.481 e. The van der Waals surface area contributed by atoms with Gasteiger partial charge >= 0.3 is 5.97 Å². The molecule has 0 aromatic heterocycles. The van der Waals surface area contributed by atoms with Gasteiger partial charge in [-0.3, -0.25) is 15.0 Å². The molecule has 2 aromatic rings. The molecule has 0 saturated heterocycles. The number of aryl methyl sites for hydroxylation is 1. The third-order valence-corrected chi connectivity index (χ3v) is 4.61. The van der Waals surface area contributed by atoms with Crippen molar-refractivity contribution < 1.29 is 14.7 Å². The van der Waals surface area contributed by atoms with E-state index in [1.54, 1.807) is 24.3 Å². The number of benzene rings is 2. The molecule has 0 unspecified atom stereocenters. The Kier molecular flexibility index (Phi) is 9.05. The predicted molar refractivity (Wildman–Crippen MR) is 114 cm³/mol. The Morgan fingerprint density at radius 1 is 0.931 bits per heavy atom. The molecule has 2 rings (SSSR count). The molecule has 0 bridgehead atoms. The van der Waals surface area contributed by atoms with Crippen LogP contribution in [0.4, 0.5) is 0 Å². The second-order valence-corrected chi connectivity index (χ2v) is 7.00. The zero-order valence-electron chi connectivity index (χ0n) is 16.8. The van der Waals surface area contributed by atoms with Gasteiger partial charge in [-0.1, -0.05) is 56.2 Å². The van der Waals surface area contributed by atoms with E-state index in [1.807, 2.05) is 24.3 Å². The van der Waals surface area contributed by atoms with Crippen molar-refractivity contribution in [1.29, 1.82) is 5.41 Å². The topological polar surface area (TPSA) is 102 Å². The summed E-state index contributed by atoms with van der Waals surface area (Å²) in [5.74, 6) is -1.08. The maximum atomic E-state index is 12.4. The molecule has 1 amide bonds. The van der Waals surface area contributed by atoms with Crippen LogP contribution in [0.25, 0.3) is 0 Å². The van der Waals surface area contributed by atoms with Gasteiger partial charge in [0.05, 0.1) is 6.42 Å². The molecular weight excluding hydrogens is 366 g/mol. The fourth-order valence-corrected chi connectivity index (χ4v) is 2.88. The van der Waals surface area contributed by atoms with Crippen LogP contribution in [0, 0.1) is 5.41 Å². The lowest BCUT2D eigenvalue weighted by Gasteiger charge is -2.09. The SMILES string of the molecule is CCCCCc1ccc(C(=O)NC(=N)c2ccc(CNCCC(=O)O)cc2)cc1. The fraction of sp³-hybridized carbons (Fsp3) is 0.348. The lowest BCUT2D eigenvalue weighted by Crippen LogP contribution is -2.30. The Bertz CT molecular complexity index is 814. The lowest BCUT2D eigenvalue weighted by molar-refractivity contribution is -0.136. The van der Waals surface area contributed by atoms with Gasteiger partial charge in [0.15, 0.2) is 0 Å². The molecule has 6 heteroatoms. The number of carboxylic acid groups (broad SMARTS) is 1. The second-order valence-electron chi connectivity index (χ2n) is 7.00. The number of carbonyl (C=O) groups excluding carboxylic acids is 1. The van der Waals surface area contributed by atoms with E-state index in [0.29, 0.717) is 24.2 Å². The van der Waals surface area contributed by atoms with Gasteiger partial charge in [0.1, 0.15) is 5.84 Å². The smallest absolute Gasteiger partial charge is 0.304 e. The molecule has 0 radical (unpaired) electrons. The maximum Gasteiger partial charge on any atom is 0.304 e. The predicted octanol–water partition coefficient (Wildman–Crippen LogP) is 3.74. The van der Waals surface area contributed by atoms with Gasteiger partial charge in [0.25, 0.3) is 5.91 Å². The normalized spacial score (nSPS) is 10.5. The number of amidine groups is 1. The summed E-state index contributed by atoms with van der Waals surface area (Å²) in [6, 6.07) is 14.8. The highest BCUT2D eigenvalue weighted by Crippen LogP contribution is 2.10. The van der Waals surface area contributed by atoms with Gasteiger partial charge in [-0.15, -0.1) is 0 Å². The third kappa shape index (κ3) is 7.87. The molecule has 0 fully saturated rings. The Balaban J connectivity index is 1.84. The average Bonchev–Trinajstić information content (AvgIpc) is 2.72. The van der Waals surface area contributed by atoms with Crippen LogP contribution in [0.1, 0.15) is 59.7 Å². The van der Waals surface area contributed by atoms with E-state index < -0.39 is 5.97 Å². The van der Waals surface area contributed by atoms with E-state index >= 15 is 0 Å². The minimum absolute atomic E-state index is 0.0485. The van der Waals surface area contributed by atoms with Crippen molar-refractivity contribution in [2.45, 2.75) is 45.6 Å². The van der Waals surface area contributed by atoms with Crippen molar-refractivity contribution in [3.8, 4) is 0 Å². The molecular formula is C23H29N3O3. The maximum absolute atomic E-state index is 12.4. The van der Waals surface area contributed by atoms with Crippen LogP contribution in [0.3, 0.4) is 0 Å². The van der Waals surface area contributed by atoms with E-state index in [1.165, 1.54) is 18.4 Å². The number of aliphatic carboxylic acids is 1. The van der Waals surface area contributed by atoms with Gasteiger partial charge in [-0.05, 0) is 36.1 Å². The van der Waals surface area contributed by atoms with Gasteiger partial charge in [-0.25, -0.2) is 0 Å². The molecule has 29 heavy (non-hydrogen) atoms. The first-order valence-corrected chi connectivity index (χ1v) is 10.00. The van der Waals surface area contributed by atoms with Crippen molar-refractivity contribution in [3.63, 3.8) is 0 Å². The van der Waals surface area contributed by atoms with E-state index in [4.69, 9.17) is 10.5 Å². The number of hydrogen-bond donors (Lipinski definition) is 4. The summed E-state index contributed by atoms with van der Waals surface area (Å²) < 4.78 is 0. The van der Waals surface area contributed by atoms with Crippen molar-refractivity contribution in [1.82, 2.24) is 10.6 Å². The molecule has 0 heterocycles. The highest BCUT2D eigenvalue weighted by Gasteiger charge is 2.09. The first-order valence-electron chi connectivity index (χ1n) is 10.00. The molecule has 0 aliphatic heterocycles. The van der Waals surface area contributed by atoms with E-state index in [0.717, 1.165) is 18.4 Å². The first kappa shape index (κ1) is 22.3. The Labute approximate surface area is 171 Å². The molecule has 6 nitrogen and oxygen atoms in total. The highest BCUT2D eigenvalue weighted by atomic mass is 16.4. The summed E-state index contributed by atoms with van der Waals surface area (Å²) in [7, 11) is 0. The van der Waals surface area contributed by atoms with Crippen LogP contribution in [-0.2, 0) is 17.8 Å². The summed E-state index contributed by atoms with van der Waals surface area (Å²) in [5, 5.41) is 22.4. The minimum atomic E-state index is -0.830. The van der Waals surface area contributed by atoms with Crippen molar-refractivity contribution in [2.75, 3.05) is 6.54 Å². The van der Waals surface area contributed by atoms with Crippen LogP contribution in [-0.4, -0.2) is 29.4 Å². The van der Waals surface area contributed by atoms with Gasteiger partial charge < -0.3 is 15.7 Å². The number of carboxylic acids is 1. The number of nitrogens with one attached hydrogen (secondary N) is 3. The molecule has 0 aliphatic carbocycles. The van der Waals surface area contributed by atoms with Crippen molar-refractivity contribution in [3.05, 3.63) is 70.8 Å². The summed E-state index contributed by atoms with van der Waals surface area (Å²) in [6.07, 6.45) is 4.64. The van der Waals surface area contributed by atoms with Crippen molar-refractivity contribution in [2.24, 2.45) is 0 Å². The second kappa shape index (κ2) is 11.8. The average molecular weight is 396 g/mol. The zero-order chi connectivity index (χ0) is 21.1. The van der Waals surface area contributed by atoms with Crippen LogP contribution < -0.4 is 10.6 Å². The lowest BCUT2D eigenvalue weighted by atomic mass is 10.0. The summed E-state index contributed by atoms with van der Waals surface area (Å²) in [5.41, 5.74) is 3.35. The minimum Gasteiger partial charge on any atom is -0.481 e. The monoisotopic (exact) mass is 395 g/mol. The third-order valence-electron chi connectivity index (χ3n) is 4.61. The quantitative estimate of drug-likeness (QED) is 0.264. The van der Waals surface area contributed by atoms with Gasteiger partial charge in [0.2, 0.25) is 0 Å². The van der Waals surface area contributed by atoms with E-state index in [-0.39, 0.29) is 18.2 Å². The number of carbonyl (C=O) groups is 2. The number of hydrogen-bond acceptors (Lipinski definition) is 4. The van der Waals surface area contributed by atoms with Gasteiger partial charge in [0, 0.05) is 24.2 Å². The Morgan fingerprint density at radius 3 is 2.17 bits per heavy atom. The zero-order valence-corrected chi connectivity index (χ0v) is 16.8. The molecule has 2 aromatic carbocycles. The summed E-state index contributed by atoms with van der Waals surface area (Å²) in [4.78, 5) is 22.9. The summed E-state index contributed by atoms with van der Waals surface area (Å²) in [6.45, 7) is 3.13. The molecule has 154 valence electrons. The standard InChI is InChI=1S/C23H29N3O3/c1-2-3-4-5-17-6-12-20(13-7-17)23(29)26-22(24)19-10-8-18(9-11-19)16-25-15-14-21(27)28/h6-13,25H,2-5,14-16H2,1H3,(H,27,28)(H2,24,26,29). The van der Waals surface area contributed by atoms with Crippen LogP contribution in [0.2, 0.25) is 0 Å². The van der Waals surface area contributed by atoms with Crippen LogP contribution in [0.15, 0.2) is 48.5 Å². The number of amides is 1. The van der Waals surface area contributed by atoms with E-state index in [2.05, 4.69) is 17.6 Å². The molecule has 0 spiro atoms.